The number of anilines is 3. The Hall–Kier alpha value is -4.57. The average molecular weight is 541 g/mol. The van der Waals surface area contributed by atoms with E-state index in [2.05, 4.69) is 49.8 Å². The highest BCUT2D eigenvalue weighted by atomic mass is 16.2. The van der Waals surface area contributed by atoms with Crippen LogP contribution in [0.25, 0.3) is 11.3 Å². The lowest BCUT2D eigenvalue weighted by atomic mass is 10.1. The van der Waals surface area contributed by atoms with Crippen LogP contribution in [0.3, 0.4) is 0 Å². The number of benzene rings is 2. The smallest absolute Gasteiger partial charge is 0.255 e. The molecule has 0 unspecified atom stereocenters. The van der Waals surface area contributed by atoms with E-state index in [4.69, 9.17) is 0 Å². The minimum absolute atomic E-state index is 0.164. The molecular formula is C30H36N8O2. The number of likely N-dealkylation sites (N-methyl/N-ethyl adjacent to an activating group) is 1. The number of hydrogen-bond donors (Lipinski definition) is 3. The molecular weight excluding hydrogens is 504 g/mol. The standard InChI is InChI=1S/C30H36N8O2/c1-6-38(7-2)15-14-31-28(39)23-9-8-20(3)26(16-23)35-29(40)22-10-12-25(13-11-22)34-30-32-17-21(4)27(36-30)24-18-33-37(5)19-24/h8-13,16-19H,6-7,14-15H2,1-5H3,(H,31,39)(H,35,40)(H,32,34,36). The Bertz CT molecular complexity index is 1480. The van der Waals surface area contributed by atoms with E-state index in [9.17, 15) is 9.59 Å². The lowest BCUT2D eigenvalue weighted by Gasteiger charge is -2.18. The van der Waals surface area contributed by atoms with Gasteiger partial charge in [-0.1, -0.05) is 19.9 Å². The van der Waals surface area contributed by atoms with Crippen LogP contribution >= 0.6 is 0 Å². The van der Waals surface area contributed by atoms with Gasteiger partial charge in [0.15, 0.2) is 0 Å². The van der Waals surface area contributed by atoms with Gasteiger partial charge >= 0.3 is 0 Å². The molecule has 2 amide bonds. The molecule has 4 aromatic rings. The zero-order chi connectivity index (χ0) is 28.6. The lowest BCUT2D eigenvalue weighted by Crippen LogP contribution is -2.34. The Balaban J connectivity index is 1.39. The van der Waals surface area contributed by atoms with Gasteiger partial charge in [-0.25, -0.2) is 9.97 Å². The van der Waals surface area contributed by atoms with Crippen molar-refractivity contribution in [2.24, 2.45) is 7.05 Å². The number of nitrogens with one attached hydrogen (secondary N) is 3. The van der Waals surface area contributed by atoms with Crippen molar-refractivity contribution in [1.82, 2.24) is 30.0 Å². The molecule has 2 aromatic heterocycles. The molecule has 0 saturated carbocycles. The Morgan fingerprint density at radius 1 is 0.925 bits per heavy atom. The van der Waals surface area contributed by atoms with Crippen molar-refractivity contribution in [3.05, 3.63) is 83.3 Å². The predicted octanol–water partition coefficient (Wildman–Crippen LogP) is 4.56. The van der Waals surface area contributed by atoms with Gasteiger partial charge in [-0.3, -0.25) is 14.3 Å². The highest BCUT2D eigenvalue weighted by molar-refractivity contribution is 6.05. The van der Waals surface area contributed by atoms with Gasteiger partial charge < -0.3 is 20.9 Å². The number of rotatable bonds is 11. The van der Waals surface area contributed by atoms with E-state index >= 15 is 0 Å². The van der Waals surface area contributed by atoms with Gasteiger partial charge in [-0.2, -0.15) is 5.10 Å². The number of nitrogens with zero attached hydrogens (tertiary/aromatic N) is 5. The monoisotopic (exact) mass is 540 g/mol. The summed E-state index contributed by atoms with van der Waals surface area (Å²) in [5.41, 5.74) is 5.86. The zero-order valence-corrected chi connectivity index (χ0v) is 23.7. The first-order chi connectivity index (χ1) is 19.3. The summed E-state index contributed by atoms with van der Waals surface area (Å²) in [6.45, 7) is 11.3. The number of carbonyl (C=O) groups is 2. The molecule has 0 saturated heterocycles. The number of hydrogen-bond acceptors (Lipinski definition) is 7. The van der Waals surface area contributed by atoms with Crippen molar-refractivity contribution in [2.75, 3.05) is 36.8 Å². The normalized spacial score (nSPS) is 10.9. The molecule has 0 fully saturated rings. The van der Waals surface area contributed by atoms with Crippen LogP contribution in [0.15, 0.2) is 61.1 Å². The fourth-order valence-corrected chi connectivity index (χ4v) is 4.23. The molecule has 0 radical (unpaired) electrons. The quantitative estimate of drug-likeness (QED) is 0.255. The molecule has 4 rings (SSSR count). The third-order valence-corrected chi connectivity index (χ3v) is 6.71. The van der Waals surface area contributed by atoms with E-state index in [1.165, 1.54) is 0 Å². The summed E-state index contributed by atoms with van der Waals surface area (Å²) in [4.78, 5) is 36.9. The van der Waals surface area contributed by atoms with Crippen LogP contribution in [0.4, 0.5) is 17.3 Å². The predicted molar refractivity (Wildman–Crippen MR) is 158 cm³/mol. The molecule has 3 N–H and O–H groups in total. The topological polar surface area (TPSA) is 117 Å². The maximum absolute atomic E-state index is 13.0. The summed E-state index contributed by atoms with van der Waals surface area (Å²) >= 11 is 0. The van der Waals surface area contributed by atoms with E-state index in [0.717, 1.165) is 47.7 Å². The summed E-state index contributed by atoms with van der Waals surface area (Å²) in [5, 5.41) is 13.3. The van der Waals surface area contributed by atoms with Crippen molar-refractivity contribution in [3.63, 3.8) is 0 Å². The van der Waals surface area contributed by atoms with Crippen LogP contribution in [-0.4, -0.2) is 62.6 Å². The second-order valence-corrected chi connectivity index (χ2v) is 9.60. The minimum atomic E-state index is -0.265. The molecule has 0 aliphatic rings. The number of aryl methyl sites for hydroxylation is 3. The maximum atomic E-state index is 13.0. The van der Waals surface area contributed by atoms with Gasteiger partial charge in [0.1, 0.15) is 0 Å². The molecule has 2 aromatic carbocycles. The van der Waals surface area contributed by atoms with Gasteiger partial charge in [-0.05, 0) is 74.5 Å². The van der Waals surface area contributed by atoms with Crippen LogP contribution in [-0.2, 0) is 7.05 Å². The summed E-state index contributed by atoms with van der Waals surface area (Å²) in [5.74, 6) is 0.0201. The molecule has 0 aliphatic carbocycles. The zero-order valence-electron chi connectivity index (χ0n) is 23.7. The van der Waals surface area contributed by atoms with Crippen molar-refractivity contribution >= 4 is 29.1 Å². The van der Waals surface area contributed by atoms with Crippen LogP contribution in [0, 0.1) is 13.8 Å². The lowest BCUT2D eigenvalue weighted by molar-refractivity contribution is 0.0947. The van der Waals surface area contributed by atoms with Crippen molar-refractivity contribution < 1.29 is 9.59 Å². The Labute approximate surface area is 234 Å². The molecule has 0 spiro atoms. The van der Waals surface area contributed by atoms with Crippen molar-refractivity contribution in [2.45, 2.75) is 27.7 Å². The number of carbonyl (C=O) groups excluding carboxylic acids is 2. The van der Waals surface area contributed by atoms with E-state index in [-0.39, 0.29) is 11.8 Å². The third-order valence-electron chi connectivity index (χ3n) is 6.71. The third kappa shape index (κ3) is 7.09. The van der Waals surface area contributed by atoms with Gasteiger partial charge in [0.2, 0.25) is 5.95 Å². The average Bonchev–Trinajstić information content (AvgIpc) is 3.39. The van der Waals surface area contributed by atoms with Crippen molar-refractivity contribution in [1.29, 1.82) is 0 Å². The minimum Gasteiger partial charge on any atom is -0.351 e. The highest BCUT2D eigenvalue weighted by Gasteiger charge is 2.13. The van der Waals surface area contributed by atoms with Crippen LogP contribution in [0.5, 0.6) is 0 Å². The molecule has 2 heterocycles. The molecule has 0 aliphatic heterocycles. The van der Waals surface area contributed by atoms with Gasteiger partial charge in [0, 0.05) is 60.6 Å². The fraction of sp³-hybridized carbons (Fsp3) is 0.300. The Morgan fingerprint density at radius 3 is 2.33 bits per heavy atom. The summed E-state index contributed by atoms with van der Waals surface area (Å²) in [6, 6.07) is 12.4. The summed E-state index contributed by atoms with van der Waals surface area (Å²) < 4.78 is 1.73. The molecule has 0 atom stereocenters. The van der Waals surface area contributed by atoms with E-state index in [0.29, 0.717) is 29.3 Å². The Morgan fingerprint density at radius 2 is 1.65 bits per heavy atom. The second-order valence-electron chi connectivity index (χ2n) is 9.60. The van der Waals surface area contributed by atoms with Crippen LogP contribution < -0.4 is 16.0 Å². The summed E-state index contributed by atoms with van der Waals surface area (Å²) in [6.07, 6.45) is 5.44. The first-order valence-electron chi connectivity index (χ1n) is 13.4. The molecule has 10 heteroatoms. The highest BCUT2D eigenvalue weighted by Crippen LogP contribution is 2.23. The van der Waals surface area contributed by atoms with Crippen molar-refractivity contribution in [3.8, 4) is 11.3 Å². The van der Waals surface area contributed by atoms with Crippen LogP contribution in [0.1, 0.15) is 45.7 Å². The van der Waals surface area contributed by atoms with E-state index in [1.807, 2.05) is 33.2 Å². The SMILES string of the molecule is CCN(CC)CCNC(=O)c1ccc(C)c(NC(=O)c2ccc(Nc3ncc(C)c(-c4cnn(C)c4)n3)cc2)c1. The molecule has 0 bridgehead atoms. The van der Waals surface area contributed by atoms with Gasteiger partial charge in [0.25, 0.3) is 11.8 Å². The maximum Gasteiger partial charge on any atom is 0.255 e. The van der Waals surface area contributed by atoms with E-state index < -0.39 is 0 Å². The van der Waals surface area contributed by atoms with Crippen LogP contribution in [0.2, 0.25) is 0 Å². The first kappa shape index (κ1) is 28.4. The summed E-state index contributed by atoms with van der Waals surface area (Å²) in [7, 11) is 1.86. The molecule has 40 heavy (non-hydrogen) atoms. The Kier molecular flexibility index (Phi) is 9.23. The second kappa shape index (κ2) is 13.0. The largest absolute Gasteiger partial charge is 0.351 e. The number of aromatic nitrogens is 4. The first-order valence-corrected chi connectivity index (χ1v) is 13.4. The van der Waals surface area contributed by atoms with Gasteiger partial charge in [0.05, 0.1) is 11.9 Å². The number of amides is 2. The fourth-order valence-electron chi connectivity index (χ4n) is 4.23. The molecule has 208 valence electrons. The van der Waals surface area contributed by atoms with E-state index in [1.54, 1.807) is 53.5 Å². The van der Waals surface area contributed by atoms with Gasteiger partial charge in [-0.15, -0.1) is 0 Å². The molecule has 10 nitrogen and oxygen atoms in total.